The standard InChI is InChI=1S/C18H18FN3.C4H6O4/c19-17-4-2-1-3-15(17)12-22-18-14(11-20)6-5-13-7-9-21-10-8-16(13)18;5-3(6)1-2-4(7)8/h1-6,21-22H,7-10,12H2;1-2H2,(H,5,6)(H,7,8). The first-order valence-corrected chi connectivity index (χ1v) is 9.58. The summed E-state index contributed by atoms with van der Waals surface area (Å²) in [5.74, 6) is -2.38. The molecule has 0 unspecified atom stereocenters. The molecule has 0 fully saturated rings. The van der Waals surface area contributed by atoms with Crippen LogP contribution in [0.25, 0.3) is 0 Å². The van der Waals surface area contributed by atoms with Gasteiger partial charge in [0.25, 0.3) is 0 Å². The van der Waals surface area contributed by atoms with Crippen molar-refractivity contribution in [2.45, 2.75) is 32.2 Å². The smallest absolute Gasteiger partial charge is 0.303 e. The van der Waals surface area contributed by atoms with E-state index in [4.69, 9.17) is 10.2 Å². The first-order chi connectivity index (χ1) is 14.4. The molecule has 0 radical (unpaired) electrons. The predicted molar refractivity (Wildman–Crippen MR) is 110 cm³/mol. The van der Waals surface area contributed by atoms with Crippen LogP contribution < -0.4 is 10.6 Å². The number of hydrogen-bond donors (Lipinski definition) is 4. The van der Waals surface area contributed by atoms with Crippen LogP contribution in [0, 0.1) is 17.1 Å². The Morgan fingerprint density at radius 3 is 2.37 bits per heavy atom. The van der Waals surface area contributed by atoms with Gasteiger partial charge >= 0.3 is 11.9 Å². The van der Waals surface area contributed by atoms with E-state index in [-0.39, 0.29) is 18.7 Å². The van der Waals surface area contributed by atoms with Crippen molar-refractivity contribution in [1.82, 2.24) is 5.32 Å². The van der Waals surface area contributed by atoms with E-state index < -0.39 is 11.9 Å². The van der Waals surface area contributed by atoms with Crippen LogP contribution in [-0.4, -0.2) is 35.2 Å². The Bertz CT molecular complexity index is 926. The maximum Gasteiger partial charge on any atom is 0.303 e. The summed E-state index contributed by atoms with van der Waals surface area (Å²) in [4.78, 5) is 19.3. The minimum Gasteiger partial charge on any atom is -0.481 e. The number of anilines is 1. The molecule has 0 spiro atoms. The fourth-order valence-electron chi connectivity index (χ4n) is 3.11. The number of fused-ring (bicyclic) bond motifs is 1. The lowest BCUT2D eigenvalue weighted by Crippen LogP contribution is -2.16. The molecule has 0 saturated carbocycles. The van der Waals surface area contributed by atoms with Gasteiger partial charge in [0.15, 0.2) is 0 Å². The van der Waals surface area contributed by atoms with Crippen molar-refractivity contribution in [3.8, 4) is 6.07 Å². The van der Waals surface area contributed by atoms with E-state index in [1.165, 1.54) is 17.2 Å². The fourth-order valence-corrected chi connectivity index (χ4v) is 3.11. The number of aliphatic carboxylic acids is 2. The highest BCUT2D eigenvalue weighted by Gasteiger charge is 2.15. The average molecular weight is 413 g/mol. The van der Waals surface area contributed by atoms with Gasteiger partial charge in [-0.15, -0.1) is 0 Å². The van der Waals surface area contributed by atoms with Crippen LogP contribution in [0.3, 0.4) is 0 Å². The van der Waals surface area contributed by atoms with E-state index >= 15 is 0 Å². The van der Waals surface area contributed by atoms with Crippen LogP contribution in [-0.2, 0) is 29.0 Å². The Balaban J connectivity index is 0.000000343. The molecule has 1 aliphatic heterocycles. The van der Waals surface area contributed by atoms with Gasteiger partial charge in [0.1, 0.15) is 11.9 Å². The number of halogens is 1. The summed E-state index contributed by atoms with van der Waals surface area (Å²) in [5, 5.41) is 31.8. The second-order valence-electron chi connectivity index (χ2n) is 6.72. The summed E-state index contributed by atoms with van der Waals surface area (Å²) >= 11 is 0. The summed E-state index contributed by atoms with van der Waals surface area (Å²) < 4.78 is 13.8. The molecule has 0 amide bonds. The molecule has 0 bridgehead atoms. The van der Waals surface area contributed by atoms with Crippen molar-refractivity contribution in [2.24, 2.45) is 0 Å². The number of carbonyl (C=O) groups is 2. The average Bonchev–Trinajstić information content (AvgIpc) is 2.97. The Morgan fingerprint density at radius 1 is 1.07 bits per heavy atom. The fraction of sp³-hybridized carbons (Fsp3) is 0.318. The van der Waals surface area contributed by atoms with Crippen LogP contribution in [0.4, 0.5) is 10.1 Å². The summed E-state index contributed by atoms with van der Waals surface area (Å²) in [5.41, 5.74) is 4.53. The molecule has 8 heteroatoms. The highest BCUT2D eigenvalue weighted by Crippen LogP contribution is 2.27. The zero-order valence-electron chi connectivity index (χ0n) is 16.4. The quantitative estimate of drug-likeness (QED) is 0.574. The molecule has 1 heterocycles. The minimum atomic E-state index is -1.08. The topological polar surface area (TPSA) is 122 Å². The predicted octanol–water partition coefficient (Wildman–Crippen LogP) is 2.93. The van der Waals surface area contributed by atoms with Gasteiger partial charge < -0.3 is 20.8 Å². The third-order valence-corrected chi connectivity index (χ3v) is 4.62. The Hall–Kier alpha value is -3.44. The number of hydrogen-bond acceptors (Lipinski definition) is 5. The molecule has 2 aromatic rings. The van der Waals surface area contributed by atoms with E-state index in [9.17, 15) is 19.2 Å². The zero-order valence-corrected chi connectivity index (χ0v) is 16.4. The van der Waals surface area contributed by atoms with Gasteiger partial charge in [0, 0.05) is 12.1 Å². The Morgan fingerprint density at radius 2 is 1.73 bits per heavy atom. The van der Waals surface area contributed by atoms with Gasteiger partial charge in [0.05, 0.1) is 24.1 Å². The maximum absolute atomic E-state index is 13.8. The Kier molecular flexibility index (Phi) is 8.78. The van der Waals surface area contributed by atoms with Gasteiger partial charge in [-0.05, 0) is 49.2 Å². The molecule has 4 N–H and O–H groups in total. The molecule has 0 aromatic heterocycles. The van der Waals surface area contributed by atoms with Crippen molar-refractivity contribution in [1.29, 1.82) is 5.26 Å². The van der Waals surface area contributed by atoms with E-state index in [2.05, 4.69) is 16.7 Å². The van der Waals surface area contributed by atoms with Crippen LogP contribution >= 0.6 is 0 Å². The molecular formula is C22H24FN3O4. The number of nitrogens with one attached hydrogen (secondary N) is 2. The summed E-state index contributed by atoms with van der Waals surface area (Å²) in [6.07, 6.45) is 1.24. The number of rotatable bonds is 6. The summed E-state index contributed by atoms with van der Waals surface area (Å²) in [6.45, 7) is 2.23. The third kappa shape index (κ3) is 6.87. The molecule has 0 aliphatic carbocycles. The van der Waals surface area contributed by atoms with Crippen LogP contribution in [0.5, 0.6) is 0 Å². The highest BCUT2D eigenvalue weighted by molar-refractivity contribution is 5.75. The molecule has 30 heavy (non-hydrogen) atoms. The summed E-state index contributed by atoms with van der Waals surface area (Å²) in [6, 6.07) is 12.9. The lowest BCUT2D eigenvalue weighted by Gasteiger charge is -2.16. The molecule has 3 rings (SSSR count). The number of nitrogens with zero attached hydrogens (tertiary/aromatic N) is 1. The highest BCUT2D eigenvalue weighted by atomic mass is 19.1. The van der Waals surface area contributed by atoms with E-state index in [0.29, 0.717) is 17.7 Å². The first kappa shape index (κ1) is 22.8. The number of nitriles is 1. The first-order valence-electron chi connectivity index (χ1n) is 9.58. The van der Waals surface area contributed by atoms with E-state index in [0.717, 1.165) is 31.6 Å². The van der Waals surface area contributed by atoms with Gasteiger partial charge in [-0.1, -0.05) is 24.3 Å². The van der Waals surface area contributed by atoms with Gasteiger partial charge in [-0.25, -0.2) is 4.39 Å². The largest absolute Gasteiger partial charge is 0.481 e. The molecule has 0 saturated heterocycles. The van der Waals surface area contributed by atoms with E-state index in [1.54, 1.807) is 12.1 Å². The lowest BCUT2D eigenvalue weighted by molar-refractivity contribution is -0.143. The van der Waals surface area contributed by atoms with Crippen LogP contribution in [0.15, 0.2) is 36.4 Å². The molecule has 1 aliphatic rings. The van der Waals surface area contributed by atoms with Gasteiger partial charge in [0.2, 0.25) is 0 Å². The van der Waals surface area contributed by atoms with Gasteiger partial charge in [-0.3, -0.25) is 9.59 Å². The van der Waals surface area contributed by atoms with Crippen molar-refractivity contribution in [3.05, 3.63) is 64.5 Å². The normalized spacial score (nSPS) is 12.4. The SMILES string of the molecule is N#Cc1ccc2c(c1NCc1ccccc1F)CCNCC2.O=C(O)CCC(=O)O. The molecule has 158 valence electrons. The second kappa shape index (κ2) is 11.5. The minimum absolute atomic E-state index is 0.225. The number of carboxylic acid groups (broad SMARTS) is 2. The Labute approximate surface area is 174 Å². The molecule has 0 atom stereocenters. The maximum atomic E-state index is 13.8. The van der Waals surface area contributed by atoms with Crippen molar-refractivity contribution < 1.29 is 24.2 Å². The second-order valence-corrected chi connectivity index (χ2v) is 6.72. The van der Waals surface area contributed by atoms with Crippen LogP contribution in [0.1, 0.15) is 35.1 Å². The third-order valence-electron chi connectivity index (χ3n) is 4.62. The molecular weight excluding hydrogens is 389 g/mol. The van der Waals surface area contributed by atoms with E-state index in [1.807, 2.05) is 18.2 Å². The molecule has 2 aromatic carbocycles. The van der Waals surface area contributed by atoms with Crippen molar-refractivity contribution in [3.63, 3.8) is 0 Å². The molecule has 7 nitrogen and oxygen atoms in total. The van der Waals surface area contributed by atoms with Crippen molar-refractivity contribution in [2.75, 3.05) is 18.4 Å². The zero-order chi connectivity index (χ0) is 21.9. The summed E-state index contributed by atoms with van der Waals surface area (Å²) in [7, 11) is 0. The number of benzene rings is 2. The lowest BCUT2D eigenvalue weighted by atomic mass is 9.97. The monoisotopic (exact) mass is 413 g/mol. The number of carboxylic acids is 2. The van der Waals surface area contributed by atoms with Crippen LogP contribution in [0.2, 0.25) is 0 Å². The van der Waals surface area contributed by atoms with Gasteiger partial charge in [-0.2, -0.15) is 5.26 Å². The van der Waals surface area contributed by atoms with Crippen molar-refractivity contribution >= 4 is 17.6 Å².